The monoisotopic (exact) mass is 223 g/mol. The predicted molar refractivity (Wildman–Crippen MR) is 55.6 cm³/mol. The van der Waals surface area contributed by atoms with Gasteiger partial charge in [0.2, 0.25) is 0 Å². The molecule has 0 saturated carbocycles. The highest BCUT2D eigenvalue weighted by Crippen LogP contribution is 1.93. The average molecular weight is 223 g/mol. The summed E-state index contributed by atoms with van der Waals surface area (Å²) in [7, 11) is 0. The summed E-state index contributed by atoms with van der Waals surface area (Å²) in [5.74, 6) is -0.602. The molecule has 86 valence electrons. The number of ether oxygens (including phenoxy) is 1. The van der Waals surface area contributed by atoms with Crippen LogP contribution in [0.2, 0.25) is 0 Å². The zero-order chi connectivity index (χ0) is 11.8. The van der Waals surface area contributed by atoms with Crippen molar-refractivity contribution in [3.63, 3.8) is 0 Å². The fraction of sp³-hybridized carbons (Fsp3) is 0.400. The fourth-order valence-corrected chi connectivity index (χ4v) is 1.04. The molecule has 0 aromatic carbocycles. The van der Waals surface area contributed by atoms with Crippen LogP contribution in [0, 0.1) is 0 Å². The number of carbonyl (C=O) groups is 2. The van der Waals surface area contributed by atoms with Crippen LogP contribution in [0.3, 0.4) is 0 Å². The molecular weight excluding hydrogens is 210 g/mol. The quantitative estimate of drug-likeness (QED) is 0.719. The zero-order valence-electron chi connectivity index (χ0n) is 8.97. The van der Waals surface area contributed by atoms with Crippen LogP contribution in [0.4, 0.5) is 0 Å². The van der Waals surface area contributed by atoms with Crippen LogP contribution in [-0.2, 0) is 9.53 Å². The molecule has 0 aliphatic carbocycles. The predicted octanol–water partition coefficient (Wildman–Crippen LogP) is 0.160. The number of carbonyl (C=O) groups excluding carboxylic acids is 2. The van der Waals surface area contributed by atoms with Crippen molar-refractivity contribution in [1.29, 1.82) is 0 Å². The molecule has 16 heavy (non-hydrogen) atoms. The van der Waals surface area contributed by atoms with Crippen LogP contribution >= 0.6 is 0 Å². The Hall–Kier alpha value is -1.98. The SMILES string of the molecule is CCOC(=O)CCNC(=O)c1ccnnc1. The summed E-state index contributed by atoms with van der Waals surface area (Å²) in [4.78, 5) is 22.4. The Kier molecular flexibility index (Phi) is 4.91. The van der Waals surface area contributed by atoms with E-state index < -0.39 is 0 Å². The van der Waals surface area contributed by atoms with E-state index in [4.69, 9.17) is 4.74 Å². The van der Waals surface area contributed by atoms with Gasteiger partial charge in [0.1, 0.15) is 0 Å². The summed E-state index contributed by atoms with van der Waals surface area (Å²) in [5, 5.41) is 9.71. The van der Waals surface area contributed by atoms with Crippen molar-refractivity contribution in [2.24, 2.45) is 0 Å². The second-order valence-electron chi connectivity index (χ2n) is 2.94. The molecule has 0 radical (unpaired) electrons. The molecule has 1 amide bonds. The number of aromatic nitrogens is 2. The molecule has 0 spiro atoms. The van der Waals surface area contributed by atoms with Crippen molar-refractivity contribution in [2.45, 2.75) is 13.3 Å². The lowest BCUT2D eigenvalue weighted by atomic mass is 10.3. The number of hydrogen-bond acceptors (Lipinski definition) is 5. The summed E-state index contributed by atoms with van der Waals surface area (Å²) in [6.45, 7) is 2.33. The Balaban J connectivity index is 2.29. The van der Waals surface area contributed by atoms with E-state index in [1.54, 1.807) is 13.0 Å². The first-order valence-corrected chi connectivity index (χ1v) is 4.94. The number of amides is 1. The summed E-state index contributed by atoms with van der Waals surface area (Å²) < 4.78 is 4.72. The molecule has 0 atom stereocenters. The number of rotatable bonds is 5. The Morgan fingerprint density at radius 1 is 1.44 bits per heavy atom. The molecule has 6 nitrogen and oxygen atoms in total. The first kappa shape index (κ1) is 12.1. The molecule has 1 rings (SSSR count). The minimum Gasteiger partial charge on any atom is -0.466 e. The summed E-state index contributed by atoms with van der Waals surface area (Å²) in [6.07, 6.45) is 2.96. The van der Waals surface area contributed by atoms with Gasteiger partial charge in [-0.3, -0.25) is 9.59 Å². The maximum Gasteiger partial charge on any atom is 0.307 e. The second kappa shape index (κ2) is 6.49. The highest BCUT2D eigenvalue weighted by Gasteiger charge is 2.06. The van der Waals surface area contributed by atoms with Gasteiger partial charge in [-0.15, -0.1) is 0 Å². The highest BCUT2D eigenvalue weighted by atomic mass is 16.5. The Bertz CT molecular complexity index is 354. The van der Waals surface area contributed by atoms with E-state index in [1.165, 1.54) is 12.4 Å². The molecule has 0 saturated heterocycles. The van der Waals surface area contributed by atoms with Gasteiger partial charge >= 0.3 is 5.97 Å². The van der Waals surface area contributed by atoms with Gasteiger partial charge in [0.25, 0.3) is 5.91 Å². The van der Waals surface area contributed by atoms with Crippen LogP contribution in [0.1, 0.15) is 23.7 Å². The molecule has 0 unspecified atom stereocenters. The van der Waals surface area contributed by atoms with Crippen molar-refractivity contribution in [3.8, 4) is 0 Å². The van der Waals surface area contributed by atoms with Gasteiger partial charge in [-0.1, -0.05) is 0 Å². The van der Waals surface area contributed by atoms with Crippen LogP contribution in [-0.4, -0.2) is 35.2 Å². The van der Waals surface area contributed by atoms with Gasteiger partial charge in [-0.2, -0.15) is 10.2 Å². The van der Waals surface area contributed by atoms with E-state index in [2.05, 4.69) is 15.5 Å². The topological polar surface area (TPSA) is 81.2 Å². The first-order chi connectivity index (χ1) is 7.74. The van der Waals surface area contributed by atoms with Gasteiger partial charge < -0.3 is 10.1 Å². The third kappa shape index (κ3) is 4.04. The van der Waals surface area contributed by atoms with Crippen LogP contribution < -0.4 is 5.32 Å². The van der Waals surface area contributed by atoms with Crippen LogP contribution in [0.15, 0.2) is 18.5 Å². The van der Waals surface area contributed by atoms with E-state index >= 15 is 0 Å². The molecular formula is C10H13N3O3. The van der Waals surface area contributed by atoms with Gasteiger partial charge in [-0.25, -0.2) is 0 Å². The van der Waals surface area contributed by atoms with E-state index in [0.29, 0.717) is 12.2 Å². The third-order valence-electron chi connectivity index (χ3n) is 1.77. The lowest BCUT2D eigenvalue weighted by molar-refractivity contribution is -0.142. The summed E-state index contributed by atoms with van der Waals surface area (Å²) in [6, 6.07) is 1.55. The molecule has 0 fully saturated rings. The first-order valence-electron chi connectivity index (χ1n) is 4.94. The zero-order valence-corrected chi connectivity index (χ0v) is 8.97. The third-order valence-corrected chi connectivity index (χ3v) is 1.77. The second-order valence-corrected chi connectivity index (χ2v) is 2.94. The molecule has 1 aromatic heterocycles. The maximum atomic E-state index is 11.5. The lowest BCUT2D eigenvalue weighted by Crippen LogP contribution is -2.26. The van der Waals surface area contributed by atoms with Crippen molar-refractivity contribution >= 4 is 11.9 Å². The number of nitrogens with one attached hydrogen (secondary N) is 1. The normalized spacial score (nSPS) is 9.56. The minimum atomic E-state index is -0.323. The van der Waals surface area contributed by atoms with Crippen LogP contribution in [0.5, 0.6) is 0 Å². The molecule has 1 aromatic rings. The lowest BCUT2D eigenvalue weighted by Gasteiger charge is -2.04. The van der Waals surface area contributed by atoms with Gasteiger partial charge in [0.15, 0.2) is 0 Å². The van der Waals surface area contributed by atoms with Gasteiger partial charge in [0.05, 0.1) is 31.0 Å². The molecule has 6 heteroatoms. The fourth-order valence-electron chi connectivity index (χ4n) is 1.04. The minimum absolute atomic E-state index is 0.165. The van der Waals surface area contributed by atoms with E-state index in [0.717, 1.165) is 0 Å². The van der Waals surface area contributed by atoms with Gasteiger partial charge in [0, 0.05) is 6.54 Å². The maximum absolute atomic E-state index is 11.5. The summed E-state index contributed by atoms with van der Waals surface area (Å²) in [5.41, 5.74) is 0.416. The Morgan fingerprint density at radius 3 is 2.88 bits per heavy atom. The number of nitrogens with zero attached hydrogens (tertiary/aromatic N) is 2. The standard InChI is InChI=1S/C10H13N3O3/c1-2-16-9(14)4-5-11-10(15)8-3-6-12-13-7-8/h3,6-7H,2,4-5H2,1H3,(H,11,15). The van der Waals surface area contributed by atoms with Crippen molar-refractivity contribution in [2.75, 3.05) is 13.2 Å². The highest BCUT2D eigenvalue weighted by molar-refractivity contribution is 5.93. The average Bonchev–Trinajstić information content (AvgIpc) is 2.30. The van der Waals surface area contributed by atoms with Crippen LogP contribution in [0.25, 0.3) is 0 Å². The number of esters is 1. The number of hydrogen-bond donors (Lipinski definition) is 1. The Morgan fingerprint density at radius 2 is 2.25 bits per heavy atom. The molecule has 1 heterocycles. The van der Waals surface area contributed by atoms with Crippen molar-refractivity contribution in [1.82, 2.24) is 15.5 Å². The van der Waals surface area contributed by atoms with Crippen molar-refractivity contribution in [3.05, 3.63) is 24.0 Å². The Labute approximate surface area is 93.0 Å². The van der Waals surface area contributed by atoms with E-state index in [-0.39, 0.29) is 24.8 Å². The smallest absolute Gasteiger partial charge is 0.307 e. The van der Waals surface area contributed by atoms with Gasteiger partial charge in [-0.05, 0) is 13.0 Å². The summed E-state index contributed by atoms with van der Waals surface area (Å²) >= 11 is 0. The molecule has 0 aliphatic heterocycles. The van der Waals surface area contributed by atoms with Crippen molar-refractivity contribution < 1.29 is 14.3 Å². The molecule has 1 N–H and O–H groups in total. The van der Waals surface area contributed by atoms with E-state index in [9.17, 15) is 9.59 Å². The largest absolute Gasteiger partial charge is 0.466 e. The molecule has 0 aliphatic rings. The molecule has 0 bridgehead atoms. The van der Waals surface area contributed by atoms with E-state index in [1.807, 2.05) is 0 Å².